The van der Waals surface area contributed by atoms with Crippen molar-refractivity contribution in [1.29, 1.82) is 0 Å². The topological polar surface area (TPSA) is 75.7 Å². The summed E-state index contributed by atoms with van der Waals surface area (Å²) in [5.41, 5.74) is -0.0543. The number of piperazine rings is 1. The van der Waals surface area contributed by atoms with Crippen LogP contribution in [0.2, 0.25) is 0 Å². The van der Waals surface area contributed by atoms with Gasteiger partial charge in [0.2, 0.25) is 5.91 Å². The molecular weight excluding hydrogens is 430 g/mol. The van der Waals surface area contributed by atoms with Gasteiger partial charge in [0.25, 0.3) is 5.91 Å². The summed E-state index contributed by atoms with van der Waals surface area (Å²) in [5.74, 6) is -4.37. The number of rotatable bonds is 5. The molecular formula is C25H26F2N2O4. The van der Waals surface area contributed by atoms with Gasteiger partial charge in [-0.3, -0.25) is 14.4 Å². The number of carbonyl (C=O) groups excluding carboxylic acids is 3. The predicted octanol–water partition coefficient (Wildman–Crippen LogP) is 3.43. The van der Waals surface area contributed by atoms with Gasteiger partial charge in [-0.05, 0) is 42.4 Å². The van der Waals surface area contributed by atoms with Gasteiger partial charge in [0.15, 0.2) is 5.54 Å². The summed E-state index contributed by atoms with van der Waals surface area (Å²) in [6, 6.07) is 9.46. The van der Waals surface area contributed by atoms with Gasteiger partial charge in [-0.1, -0.05) is 44.2 Å². The van der Waals surface area contributed by atoms with Crippen LogP contribution < -0.4 is 5.32 Å². The van der Waals surface area contributed by atoms with E-state index in [1.807, 2.05) is 38.1 Å². The summed E-state index contributed by atoms with van der Waals surface area (Å²) in [7, 11) is 0. The smallest absolute Gasteiger partial charge is 0.329 e. The first-order valence-corrected chi connectivity index (χ1v) is 11.0. The molecule has 1 heterocycles. The molecule has 1 N–H and O–H groups in total. The first-order chi connectivity index (χ1) is 15.6. The van der Waals surface area contributed by atoms with Crippen LogP contribution in [0.4, 0.5) is 8.78 Å². The van der Waals surface area contributed by atoms with Gasteiger partial charge in [0.1, 0.15) is 17.7 Å². The molecule has 2 atom stereocenters. The molecule has 0 aromatic heterocycles. The lowest BCUT2D eigenvalue weighted by Crippen LogP contribution is -2.71. The second-order valence-electron chi connectivity index (χ2n) is 9.15. The van der Waals surface area contributed by atoms with Crippen LogP contribution in [0.15, 0.2) is 42.5 Å². The SMILES string of the molecule is CC(=O)ON1C(=O)[C@](c2ccc(F)cc2F)(C2Cc3ccccc3C2)NC(=O)[C@H]1CC(C)C. The number of nitrogens with zero attached hydrogens (tertiary/aromatic N) is 1. The maximum absolute atomic E-state index is 15.2. The van der Waals surface area contributed by atoms with E-state index in [-0.39, 0.29) is 17.9 Å². The fourth-order valence-corrected chi connectivity index (χ4v) is 5.00. The maximum atomic E-state index is 15.2. The molecule has 0 bridgehead atoms. The summed E-state index contributed by atoms with van der Waals surface area (Å²) in [6.45, 7) is 4.88. The van der Waals surface area contributed by atoms with E-state index in [0.717, 1.165) is 29.2 Å². The Kier molecular flexibility index (Phi) is 5.95. The van der Waals surface area contributed by atoms with Gasteiger partial charge in [-0.25, -0.2) is 8.78 Å². The van der Waals surface area contributed by atoms with Crippen LogP contribution in [0.1, 0.15) is 43.9 Å². The van der Waals surface area contributed by atoms with Crippen molar-refractivity contribution in [3.05, 3.63) is 70.8 Å². The lowest BCUT2D eigenvalue weighted by Gasteiger charge is -2.47. The Morgan fingerprint density at radius 3 is 2.33 bits per heavy atom. The molecule has 6 nitrogen and oxygen atoms in total. The minimum Gasteiger partial charge on any atom is -0.338 e. The van der Waals surface area contributed by atoms with E-state index in [9.17, 15) is 18.8 Å². The van der Waals surface area contributed by atoms with Crippen molar-refractivity contribution in [2.24, 2.45) is 11.8 Å². The van der Waals surface area contributed by atoms with Crippen LogP contribution in [0, 0.1) is 23.5 Å². The lowest BCUT2D eigenvalue weighted by molar-refractivity contribution is -0.220. The van der Waals surface area contributed by atoms with Crippen LogP contribution in [0.5, 0.6) is 0 Å². The van der Waals surface area contributed by atoms with Crippen LogP contribution >= 0.6 is 0 Å². The van der Waals surface area contributed by atoms with Gasteiger partial charge < -0.3 is 10.2 Å². The van der Waals surface area contributed by atoms with E-state index in [1.165, 1.54) is 6.07 Å². The molecule has 174 valence electrons. The Morgan fingerprint density at radius 1 is 1.15 bits per heavy atom. The second kappa shape index (κ2) is 8.57. The third-order valence-corrected chi connectivity index (χ3v) is 6.38. The quantitative estimate of drug-likeness (QED) is 0.748. The molecule has 0 radical (unpaired) electrons. The van der Waals surface area contributed by atoms with Crippen LogP contribution in [-0.2, 0) is 37.6 Å². The number of halogens is 2. The fraction of sp³-hybridized carbons (Fsp3) is 0.400. The number of hydrogen-bond acceptors (Lipinski definition) is 4. The Hall–Kier alpha value is -3.29. The Labute approximate surface area is 190 Å². The highest BCUT2D eigenvalue weighted by Crippen LogP contribution is 2.44. The van der Waals surface area contributed by atoms with Gasteiger partial charge in [-0.2, -0.15) is 5.06 Å². The molecule has 1 saturated heterocycles. The summed E-state index contributed by atoms with van der Waals surface area (Å²) >= 11 is 0. The summed E-state index contributed by atoms with van der Waals surface area (Å²) in [5, 5.41) is 3.61. The number of hydroxylamine groups is 2. The average molecular weight is 456 g/mol. The van der Waals surface area contributed by atoms with Gasteiger partial charge in [-0.15, -0.1) is 0 Å². The van der Waals surface area contributed by atoms with Crippen molar-refractivity contribution in [3.63, 3.8) is 0 Å². The van der Waals surface area contributed by atoms with Crippen molar-refractivity contribution < 1.29 is 28.0 Å². The molecule has 4 rings (SSSR count). The van der Waals surface area contributed by atoms with Crippen molar-refractivity contribution in [3.8, 4) is 0 Å². The lowest BCUT2D eigenvalue weighted by atomic mass is 9.73. The average Bonchev–Trinajstić information content (AvgIpc) is 3.17. The van der Waals surface area contributed by atoms with E-state index in [4.69, 9.17) is 4.84 Å². The molecule has 0 spiro atoms. The maximum Gasteiger partial charge on any atom is 0.329 e. The minimum atomic E-state index is -1.86. The number of carbonyl (C=O) groups is 3. The van der Waals surface area contributed by atoms with E-state index >= 15 is 4.39 Å². The molecule has 0 saturated carbocycles. The van der Waals surface area contributed by atoms with E-state index < -0.39 is 46.9 Å². The highest BCUT2D eigenvalue weighted by molar-refractivity contribution is 6.00. The largest absolute Gasteiger partial charge is 0.338 e. The number of fused-ring (bicyclic) bond motifs is 1. The first-order valence-electron chi connectivity index (χ1n) is 11.0. The standard InChI is InChI=1S/C25H26F2N2O4/c1-14(2)10-22-23(31)28-25(24(32)29(22)33-15(3)30,20-9-8-19(26)13-21(20)27)18-11-16-6-4-5-7-17(16)12-18/h4-9,13-14,18,22H,10-12H2,1-3H3,(H,28,31)/t22-,25-/m1/s1. The molecule has 2 aromatic rings. The number of benzene rings is 2. The highest BCUT2D eigenvalue weighted by atomic mass is 19.1. The van der Waals surface area contributed by atoms with Crippen molar-refractivity contribution >= 4 is 17.8 Å². The van der Waals surface area contributed by atoms with Gasteiger partial charge in [0, 0.05) is 24.5 Å². The normalized spacial score (nSPS) is 23.0. The molecule has 8 heteroatoms. The Morgan fingerprint density at radius 2 is 1.79 bits per heavy atom. The number of amides is 2. The van der Waals surface area contributed by atoms with E-state index in [2.05, 4.69) is 5.32 Å². The third-order valence-electron chi connectivity index (χ3n) is 6.38. The molecule has 0 unspecified atom stereocenters. The summed E-state index contributed by atoms with van der Waals surface area (Å²) in [6.07, 6.45) is 1.03. The summed E-state index contributed by atoms with van der Waals surface area (Å²) < 4.78 is 29.0. The first kappa shape index (κ1) is 22.9. The van der Waals surface area contributed by atoms with Crippen LogP contribution in [-0.4, -0.2) is 28.9 Å². The number of nitrogens with one attached hydrogen (secondary N) is 1. The molecule has 1 fully saturated rings. The van der Waals surface area contributed by atoms with E-state index in [0.29, 0.717) is 18.9 Å². The second-order valence-corrected chi connectivity index (χ2v) is 9.15. The van der Waals surface area contributed by atoms with Crippen molar-refractivity contribution in [1.82, 2.24) is 10.4 Å². The van der Waals surface area contributed by atoms with Crippen molar-refractivity contribution in [2.75, 3.05) is 0 Å². The zero-order valence-electron chi connectivity index (χ0n) is 18.7. The third kappa shape index (κ3) is 3.98. The molecule has 33 heavy (non-hydrogen) atoms. The summed E-state index contributed by atoms with van der Waals surface area (Å²) in [4.78, 5) is 44.6. The Balaban J connectivity index is 1.88. The predicted molar refractivity (Wildman–Crippen MR) is 115 cm³/mol. The zero-order valence-corrected chi connectivity index (χ0v) is 18.7. The monoisotopic (exact) mass is 456 g/mol. The van der Waals surface area contributed by atoms with E-state index in [1.54, 1.807) is 0 Å². The molecule has 2 aromatic carbocycles. The minimum absolute atomic E-state index is 0.0115. The van der Waals surface area contributed by atoms with Crippen LogP contribution in [0.3, 0.4) is 0 Å². The molecule has 2 amide bonds. The molecule has 2 aliphatic rings. The van der Waals surface area contributed by atoms with Crippen molar-refractivity contribution in [2.45, 2.75) is 51.6 Å². The zero-order chi connectivity index (χ0) is 23.9. The highest BCUT2D eigenvalue weighted by Gasteiger charge is 2.59. The number of hydrogen-bond donors (Lipinski definition) is 1. The molecule has 1 aliphatic heterocycles. The molecule has 1 aliphatic carbocycles. The fourth-order valence-electron chi connectivity index (χ4n) is 5.00. The van der Waals surface area contributed by atoms with Gasteiger partial charge in [0.05, 0.1) is 0 Å². The van der Waals surface area contributed by atoms with Gasteiger partial charge >= 0.3 is 5.97 Å². The van der Waals surface area contributed by atoms with Crippen LogP contribution in [0.25, 0.3) is 0 Å². The Bertz CT molecular complexity index is 1090.